The van der Waals surface area contributed by atoms with Crippen molar-refractivity contribution < 1.29 is 4.74 Å². The van der Waals surface area contributed by atoms with Gasteiger partial charge in [0.1, 0.15) is 5.75 Å². The Hall–Kier alpha value is -1.22. The normalized spacial score (nSPS) is 12.3. The minimum atomic E-state index is 0.572. The van der Waals surface area contributed by atoms with Crippen molar-refractivity contribution in [1.29, 1.82) is 0 Å². The Bertz CT molecular complexity index is 340. The van der Waals surface area contributed by atoms with Gasteiger partial charge in [0.25, 0.3) is 0 Å². The molecule has 0 aliphatic carbocycles. The first kappa shape index (κ1) is 13.8. The van der Waals surface area contributed by atoms with Gasteiger partial charge >= 0.3 is 0 Å². The summed E-state index contributed by atoms with van der Waals surface area (Å²) in [6.45, 7) is 8.02. The molecule has 3 nitrogen and oxygen atoms in total. The molecule has 0 spiro atoms. The highest BCUT2D eigenvalue weighted by Crippen LogP contribution is 2.26. The molecule has 0 radical (unpaired) electrons. The lowest BCUT2D eigenvalue weighted by atomic mass is 10.1. The van der Waals surface area contributed by atoms with Gasteiger partial charge in [-0.15, -0.1) is 0 Å². The molecule has 0 saturated carbocycles. The third-order valence-electron chi connectivity index (χ3n) is 3.03. The Kier molecular flexibility index (Phi) is 5.29. The fourth-order valence-electron chi connectivity index (χ4n) is 1.96. The van der Waals surface area contributed by atoms with Crippen LogP contribution in [0.1, 0.15) is 24.5 Å². The van der Waals surface area contributed by atoms with E-state index in [-0.39, 0.29) is 0 Å². The Morgan fingerprint density at radius 1 is 1.29 bits per heavy atom. The van der Waals surface area contributed by atoms with Crippen LogP contribution in [0.3, 0.4) is 0 Å². The van der Waals surface area contributed by atoms with Crippen molar-refractivity contribution in [2.24, 2.45) is 11.7 Å². The van der Waals surface area contributed by atoms with Gasteiger partial charge in [0.15, 0.2) is 0 Å². The highest BCUT2D eigenvalue weighted by Gasteiger charge is 2.05. The number of hydrogen-bond donors (Lipinski definition) is 2. The average Bonchev–Trinajstić information content (AvgIpc) is 2.28. The lowest BCUT2D eigenvalue weighted by Gasteiger charge is -2.14. The van der Waals surface area contributed by atoms with Crippen LogP contribution in [0.4, 0.5) is 5.69 Å². The molecule has 0 fully saturated rings. The van der Waals surface area contributed by atoms with Crippen LogP contribution < -0.4 is 15.8 Å². The van der Waals surface area contributed by atoms with Gasteiger partial charge in [-0.3, -0.25) is 0 Å². The van der Waals surface area contributed by atoms with Crippen molar-refractivity contribution >= 4 is 5.69 Å². The predicted molar refractivity (Wildman–Crippen MR) is 73.8 cm³/mol. The van der Waals surface area contributed by atoms with E-state index >= 15 is 0 Å². The molecule has 3 heteroatoms. The Balaban J connectivity index is 2.61. The maximum Gasteiger partial charge on any atom is 0.124 e. The topological polar surface area (TPSA) is 47.3 Å². The molecule has 1 aromatic carbocycles. The van der Waals surface area contributed by atoms with E-state index in [4.69, 9.17) is 10.5 Å². The Morgan fingerprint density at radius 2 is 1.88 bits per heavy atom. The number of hydrogen-bond acceptors (Lipinski definition) is 3. The molecular formula is C14H24N2O. The number of nitrogens with one attached hydrogen (secondary N) is 1. The number of methoxy groups -OCH3 is 1. The molecule has 0 aliphatic heterocycles. The quantitative estimate of drug-likeness (QED) is 0.798. The van der Waals surface area contributed by atoms with E-state index in [1.165, 1.54) is 11.1 Å². The molecule has 1 aromatic rings. The van der Waals surface area contributed by atoms with Gasteiger partial charge in [0, 0.05) is 12.2 Å². The number of nitrogens with two attached hydrogens (primary N) is 1. The molecular weight excluding hydrogens is 212 g/mol. The van der Waals surface area contributed by atoms with Gasteiger partial charge in [0.2, 0.25) is 0 Å². The number of rotatable bonds is 6. The molecule has 96 valence electrons. The van der Waals surface area contributed by atoms with Crippen LogP contribution in [0.2, 0.25) is 0 Å². The van der Waals surface area contributed by atoms with Crippen molar-refractivity contribution in [3.8, 4) is 5.75 Å². The zero-order valence-corrected chi connectivity index (χ0v) is 11.3. The molecule has 0 aliphatic rings. The molecule has 3 N–H and O–H groups in total. The first-order chi connectivity index (χ1) is 8.08. The molecule has 1 unspecified atom stereocenters. The lowest BCUT2D eigenvalue weighted by molar-refractivity contribution is 0.408. The first-order valence-electron chi connectivity index (χ1n) is 6.17. The van der Waals surface area contributed by atoms with Crippen LogP contribution in [0.25, 0.3) is 0 Å². The van der Waals surface area contributed by atoms with Crippen molar-refractivity contribution in [1.82, 2.24) is 0 Å². The zero-order chi connectivity index (χ0) is 12.8. The molecule has 0 heterocycles. The van der Waals surface area contributed by atoms with Gasteiger partial charge in [-0.2, -0.15) is 0 Å². The van der Waals surface area contributed by atoms with E-state index in [0.717, 1.165) is 30.9 Å². The summed E-state index contributed by atoms with van der Waals surface area (Å²) < 4.78 is 5.35. The number of benzene rings is 1. The first-order valence-corrected chi connectivity index (χ1v) is 6.17. The molecule has 0 amide bonds. The van der Waals surface area contributed by atoms with Crippen molar-refractivity contribution in [2.45, 2.75) is 27.2 Å². The summed E-state index contributed by atoms with van der Waals surface area (Å²) >= 11 is 0. The van der Waals surface area contributed by atoms with Gasteiger partial charge in [-0.25, -0.2) is 0 Å². The second-order valence-corrected chi connectivity index (χ2v) is 4.70. The highest BCUT2D eigenvalue weighted by molar-refractivity contribution is 5.55. The van der Waals surface area contributed by atoms with E-state index in [0.29, 0.717) is 5.92 Å². The fraction of sp³-hybridized carbons (Fsp3) is 0.571. The summed E-state index contributed by atoms with van der Waals surface area (Å²) in [5.74, 6) is 1.55. The summed E-state index contributed by atoms with van der Waals surface area (Å²) in [4.78, 5) is 0. The van der Waals surface area contributed by atoms with E-state index in [1.54, 1.807) is 7.11 Å². The SMILES string of the molecule is COc1c(C)cc(NCCC(C)CN)cc1C. The predicted octanol–water partition coefficient (Wildman–Crippen LogP) is 2.71. The standard InChI is InChI=1S/C14H24N2O/c1-10(9-15)5-6-16-13-7-11(2)14(17-4)12(3)8-13/h7-8,10,16H,5-6,9,15H2,1-4H3. The molecule has 17 heavy (non-hydrogen) atoms. The van der Waals surface area contributed by atoms with E-state index < -0.39 is 0 Å². The minimum Gasteiger partial charge on any atom is -0.496 e. The molecule has 1 rings (SSSR count). The maximum atomic E-state index is 5.59. The van der Waals surface area contributed by atoms with Gasteiger partial charge in [-0.05, 0) is 56.0 Å². The maximum absolute atomic E-state index is 5.59. The summed E-state index contributed by atoms with van der Waals surface area (Å²) in [6.07, 6.45) is 1.10. The summed E-state index contributed by atoms with van der Waals surface area (Å²) in [5, 5.41) is 3.43. The third-order valence-corrected chi connectivity index (χ3v) is 3.03. The number of aryl methyl sites for hydroxylation is 2. The van der Waals surface area contributed by atoms with Crippen LogP contribution in [-0.4, -0.2) is 20.2 Å². The molecule has 0 saturated heterocycles. The van der Waals surface area contributed by atoms with Crippen LogP contribution >= 0.6 is 0 Å². The van der Waals surface area contributed by atoms with Gasteiger partial charge in [-0.1, -0.05) is 6.92 Å². The Morgan fingerprint density at radius 3 is 2.35 bits per heavy atom. The second kappa shape index (κ2) is 6.50. The molecule has 0 aromatic heterocycles. The summed E-state index contributed by atoms with van der Waals surface area (Å²) in [7, 11) is 1.71. The largest absolute Gasteiger partial charge is 0.496 e. The average molecular weight is 236 g/mol. The fourth-order valence-corrected chi connectivity index (χ4v) is 1.96. The van der Waals surface area contributed by atoms with E-state index in [9.17, 15) is 0 Å². The molecule has 0 bridgehead atoms. The van der Waals surface area contributed by atoms with Crippen LogP contribution in [-0.2, 0) is 0 Å². The monoisotopic (exact) mass is 236 g/mol. The lowest BCUT2D eigenvalue weighted by Crippen LogP contribution is -2.15. The smallest absolute Gasteiger partial charge is 0.124 e. The van der Waals surface area contributed by atoms with Crippen LogP contribution in [0.5, 0.6) is 5.75 Å². The second-order valence-electron chi connectivity index (χ2n) is 4.70. The zero-order valence-electron chi connectivity index (χ0n) is 11.3. The van der Waals surface area contributed by atoms with Crippen LogP contribution in [0, 0.1) is 19.8 Å². The van der Waals surface area contributed by atoms with Crippen molar-refractivity contribution in [2.75, 3.05) is 25.5 Å². The summed E-state index contributed by atoms with van der Waals surface area (Å²) in [5.41, 5.74) is 9.09. The number of anilines is 1. The van der Waals surface area contributed by atoms with Gasteiger partial charge < -0.3 is 15.8 Å². The minimum absolute atomic E-state index is 0.572. The van der Waals surface area contributed by atoms with Crippen molar-refractivity contribution in [3.63, 3.8) is 0 Å². The van der Waals surface area contributed by atoms with E-state index in [2.05, 4.69) is 38.2 Å². The van der Waals surface area contributed by atoms with Crippen molar-refractivity contribution in [3.05, 3.63) is 23.3 Å². The third kappa shape index (κ3) is 3.93. The number of ether oxygens (including phenoxy) is 1. The van der Waals surface area contributed by atoms with E-state index in [1.807, 2.05) is 0 Å². The highest BCUT2D eigenvalue weighted by atomic mass is 16.5. The summed E-state index contributed by atoms with van der Waals surface area (Å²) in [6, 6.07) is 4.25. The molecule has 1 atom stereocenters. The van der Waals surface area contributed by atoms with Crippen LogP contribution in [0.15, 0.2) is 12.1 Å². The van der Waals surface area contributed by atoms with Gasteiger partial charge in [0.05, 0.1) is 7.11 Å². The Labute approximate surface area is 104 Å².